The molecule has 5 N–H and O–H groups in total. The van der Waals surface area contributed by atoms with E-state index in [0.29, 0.717) is 55.0 Å². The molecule has 0 atom stereocenters. The molecule has 25 heteroatoms. The molecule has 10 rings (SSSR count). The molecule has 0 amide bonds. The largest absolute Gasteiger partial charge is 0.480 e. The molecular formula is C100H89F4N7O14. The van der Waals surface area contributed by atoms with Crippen molar-refractivity contribution in [1.29, 1.82) is 0 Å². The summed E-state index contributed by atoms with van der Waals surface area (Å²) in [7, 11) is 8.57. The van der Waals surface area contributed by atoms with Crippen molar-refractivity contribution in [1.82, 2.24) is 24.5 Å². The minimum atomic E-state index is -0.920. The van der Waals surface area contributed by atoms with Gasteiger partial charge in [0.05, 0.1) is 53.7 Å². The molecule has 0 spiro atoms. The van der Waals surface area contributed by atoms with Gasteiger partial charge < -0.3 is 25.5 Å². The lowest BCUT2D eigenvalue weighted by Crippen LogP contribution is -2.25. The third-order valence-electron chi connectivity index (χ3n) is 17.0. The van der Waals surface area contributed by atoms with E-state index in [1.54, 1.807) is 120 Å². The van der Waals surface area contributed by atoms with Crippen LogP contribution in [0.3, 0.4) is 0 Å². The van der Waals surface area contributed by atoms with Gasteiger partial charge in [-0.1, -0.05) is 259 Å². The topological polar surface area (TPSA) is 289 Å². The molecule has 0 aliphatic rings. The Hall–Kier alpha value is -15.6. The highest BCUT2D eigenvalue weighted by atomic mass is 19.1. The molecule has 0 saturated carbocycles. The van der Waals surface area contributed by atoms with Gasteiger partial charge in [-0.25, -0.2) is 17.6 Å². The lowest BCUT2D eigenvalue weighted by molar-refractivity contribution is -0.385. The van der Waals surface area contributed by atoms with Crippen LogP contribution in [0.2, 0.25) is 0 Å². The predicted octanol–water partition coefficient (Wildman–Crippen LogP) is 16.1. The third-order valence-corrected chi connectivity index (χ3v) is 17.0. The number of hydrogen-bond acceptors (Lipinski definition) is 14. The van der Waals surface area contributed by atoms with Crippen LogP contribution < -0.4 is 0 Å². The number of nitrogens with zero attached hydrogens (tertiary/aromatic N) is 7. The van der Waals surface area contributed by atoms with Crippen LogP contribution in [0.15, 0.2) is 297 Å². The van der Waals surface area contributed by atoms with Crippen LogP contribution in [0.5, 0.6) is 0 Å². The van der Waals surface area contributed by atoms with Crippen molar-refractivity contribution in [3.63, 3.8) is 0 Å². The Morgan fingerprint density at radius 1 is 0.296 bits per heavy atom. The number of benzene rings is 10. The van der Waals surface area contributed by atoms with Crippen LogP contribution in [0.25, 0.3) is 27.9 Å². The number of aliphatic carboxylic acids is 5. The Labute approximate surface area is 723 Å². The van der Waals surface area contributed by atoms with Crippen LogP contribution in [0, 0.1) is 103 Å². The predicted molar refractivity (Wildman–Crippen MR) is 477 cm³/mol. The van der Waals surface area contributed by atoms with Gasteiger partial charge in [-0.15, -0.1) is 0 Å². The lowest BCUT2D eigenvalue weighted by atomic mass is 10.1. The number of hydrogen-bond donors (Lipinski definition) is 5. The summed E-state index contributed by atoms with van der Waals surface area (Å²) < 4.78 is 53.4. The van der Waals surface area contributed by atoms with E-state index in [2.05, 4.69) is 59.2 Å². The Balaban J connectivity index is 0.000000242. The van der Waals surface area contributed by atoms with Crippen molar-refractivity contribution < 1.29 is 76.9 Å². The zero-order chi connectivity index (χ0) is 90.8. The van der Waals surface area contributed by atoms with E-state index in [0.717, 1.165) is 67.8 Å². The maximum absolute atomic E-state index is 13.7. The molecule has 0 heterocycles. The highest BCUT2D eigenvalue weighted by molar-refractivity contribution is 5.84. The highest BCUT2D eigenvalue weighted by Crippen LogP contribution is 2.22. The van der Waals surface area contributed by atoms with Crippen LogP contribution >= 0.6 is 0 Å². The molecule has 0 saturated heterocycles. The number of carboxylic acids is 5. The highest BCUT2D eigenvalue weighted by Gasteiger charge is 2.13. The van der Waals surface area contributed by atoms with E-state index < -0.39 is 51.3 Å². The summed E-state index contributed by atoms with van der Waals surface area (Å²) in [4.78, 5) is 82.7. The van der Waals surface area contributed by atoms with Gasteiger partial charge in [-0.3, -0.25) is 68.7 Å². The van der Waals surface area contributed by atoms with E-state index in [1.165, 1.54) is 48.5 Å². The van der Waals surface area contributed by atoms with E-state index in [-0.39, 0.29) is 61.3 Å². The first-order valence-electron chi connectivity index (χ1n) is 38.3. The number of likely N-dealkylation sites (N-methyl/N-ethyl adjacent to an activating group) is 5. The number of nitro benzene ring substituents is 2. The second kappa shape index (κ2) is 53.8. The number of non-ortho nitro benzene ring substituents is 2. The van der Waals surface area contributed by atoms with E-state index in [9.17, 15) is 61.8 Å². The average Bonchev–Trinajstić information content (AvgIpc) is 0.888. The fraction of sp³-hybridized carbons (Fsp3) is 0.150. The number of halogens is 4. The number of rotatable bonds is 27. The molecule has 0 bridgehead atoms. The third kappa shape index (κ3) is 39.4. The van der Waals surface area contributed by atoms with Gasteiger partial charge in [-0.2, -0.15) is 0 Å². The van der Waals surface area contributed by atoms with Crippen molar-refractivity contribution in [2.75, 3.05) is 101 Å². The molecule has 125 heavy (non-hydrogen) atoms. The lowest BCUT2D eigenvalue weighted by Gasteiger charge is -2.11. The van der Waals surface area contributed by atoms with Crippen molar-refractivity contribution in [3.8, 4) is 59.2 Å². The van der Waals surface area contributed by atoms with Crippen LogP contribution in [-0.4, -0.2) is 190 Å². The summed E-state index contributed by atoms with van der Waals surface area (Å²) in [5.74, 6) is 23.1. The van der Waals surface area contributed by atoms with Crippen molar-refractivity contribution in [2.45, 2.75) is 0 Å². The van der Waals surface area contributed by atoms with Crippen LogP contribution in [0.4, 0.5) is 28.9 Å². The Kier molecular flexibility index (Phi) is 42.3. The van der Waals surface area contributed by atoms with Gasteiger partial charge in [0.25, 0.3) is 11.4 Å². The van der Waals surface area contributed by atoms with Crippen molar-refractivity contribution >= 4 is 69.1 Å². The van der Waals surface area contributed by atoms with Gasteiger partial charge in [0, 0.05) is 108 Å². The monoisotopic (exact) mass is 1690 g/mol. The number of nitro groups is 2. The minimum Gasteiger partial charge on any atom is -0.480 e. The maximum Gasteiger partial charge on any atom is 0.317 e. The molecule has 0 radical (unpaired) electrons. The zero-order valence-corrected chi connectivity index (χ0v) is 68.9. The van der Waals surface area contributed by atoms with Crippen molar-refractivity contribution in [3.05, 3.63) is 396 Å². The molecule has 10 aromatic carbocycles. The smallest absolute Gasteiger partial charge is 0.317 e. The van der Waals surface area contributed by atoms with E-state index in [1.807, 2.05) is 176 Å². The Bertz CT molecular complexity index is 5800. The molecule has 0 aliphatic heterocycles. The van der Waals surface area contributed by atoms with Crippen LogP contribution in [-0.2, 0) is 24.0 Å². The maximum atomic E-state index is 13.7. The molecule has 0 aromatic heterocycles. The molecule has 636 valence electrons. The van der Waals surface area contributed by atoms with Gasteiger partial charge in [-0.05, 0) is 130 Å². The standard InChI is InChI=1S/C20H17F2NO2.2C20H18FNO2.2C20H18N2O4/c1-23(14-20(24)25)12-11-16(15-5-3-2-4-6-15)7-8-17-9-10-18(21)13-19(17)22;1-22(15-20(23)24)14-13-17(16-7-3-2-4-8-16)11-12-18-9-5-6-10-19(18)21;1-22(15-20(23)24)14-13-18(17-5-3-2-4-6-17)10-7-16-8-11-19(21)12-9-16;1-21(15-20(23)24)13-12-18(17-7-3-2-4-8-17)11-10-16-6-5-9-19(14-16)22(25)26;1-21(15-20(23)24)14-13-18(17-5-3-2-4-6-17)10-7-16-8-11-19(12-9-16)22(25)26/h2-6,9-11,13H,12,14H2,1H3,(H,24,25);2-10,13H,14-15H2,1H3,(H,23,24);2-6,8-9,11-13H,14-15H2,1H3,(H,23,24);2-9,12,14H,13,15H2,1H3,(H,23,24);2-6,8-9,11-13H,14-15H2,1H3,(H,23,24). The van der Waals surface area contributed by atoms with Gasteiger partial charge in [0.1, 0.15) is 23.3 Å². The second-order valence-corrected chi connectivity index (χ2v) is 27.3. The Morgan fingerprint density at radius 2 is 0.568 bits per heavy atom. The SMILES string of the molecule is CN(CC=C(C#Cc1ccc(F)cc1)c1ccccc1)CC(=O)O.CN(CC=C(C#Cc1ccc(F)cc1F)c1ccccc1)CC(=O)O.CN(CC=C(C#Cc1ccc([N+](=O)[O-])cc1)c1ccccc1)CC(=O)O.CN(CC=C(C#Cc1cccc([N+](=O)[O-])c1)c1ccccc1)CC(=O)O.CN(CC=C(C#Cc1ccccc1F)c1ccccc1)CC(=O)O. The first-order valence-corrected chi connectivity index (χ1v) is 38.3. The minimum absolute atomic E-state index is 0.0109. The number of carboxylic acid groups (broad SMARTS) is 5. The van der Waals surface area contributed by atoms with Gasteiger partial charge in [0.2, 0.25) is 0 Å². The number of carbonyl (C=O) groups is 5. The summed E-state index contributed by atoms with van der Waals surface area (Å²) >= 11 is 0. The van der Waals surface area contributed by atoms with E-state index in [4.69, 9.17) is 25.5 Å². The molecule has 0 aliphatic carbocycles. The first kappa shape index (κ1) is 98.2. The van der Waals surface area contributed by atoms with Gasteiger partial charge >= 0.3 is 29.8 Å². The normalized spacial score (nSPS) is 11.0. The second-order valence-electron chi connectivity index (χ2n) is 27.3. The quantitative estimate of drug-likeness (QED) is 0.0138. The summed E-state index contributed by atoms with van der Waals surface area (Å²) in [6.07, 6.45) is 9.26. The summed E-state index contributed by atoms with van der Waals surface area (Å²) in [6, 6.07) is 75.3. The average molecular weight is 1690 g/mol. The summed E-state index contributed by atoms with van der Waals surface area (Å²) in [5, 5.41) is 65.7. The molecule has 0 unspecified atom stereocenters. The van der Waals surface area contributed by atoms with Crippen LogP contribution in [0.1, 0.15) is 55.6 Å². The number of allylic oxidation sites excluding steroid dienone is 5. The van der Waals surface area contributed by atoms with Gasteiger partial charge in [0.15, 0.2) is 0 Å². The molecule has 10 aromatic rings. The zero-order valence-electron chi connectivity index (χ0n) is 68.9. The first-order chi connectivity index (χ1) is 60.0. The molecular weight excluding hydrogens is 1600 g/mol. The fourth-order valence-corrected chi connectivity index (χ4v) is 10.7. The summed E-state index contributed by atoms with van der Waals surface area (Å²) in [6.45, 7) is 1.80. The summed E-state index contributed by atoms with van der Waals surface area (Å²) in [5.41, 5.74) is 10.5. The molecule has 0 fully saturated rings. The fourth-order valence-electron chi connectivity index (χ4n) is 10.7. The van der Waals surface area contributed by atoms with E-state index >= 15 is 0 Å². The Morgan fingerprint density at radius 3 is 0.864 bits per heavy atom. The molecule has 21 nitrogen and oxygen atoms in total. The van der Waals surface area contributed by atoms with Crippen molar-refractivity contribution in [2.24, 2.45) is 0 Å².